The number of aliphatic hydroxyl groups excluding tert-OH is 1. The van der Waals surface area contributed by atoms with Crippen LogP contribution in [0.4, 0.5) is 0 Å². The summed E-state index contributed by atoms with van der Waals surface area (Å²) in [6.45, 7) is 5.77. The Balaban J connectivity index is 2.03. The minimum Gasteiger partial charge on any atom is -0.494 e. The highest BCUT2D eigenvalue weighted by Crippen LogP contribution is 2.20. The Labute approximate surface area is 114 Å². The van der Waals surface area contributed by atoms with Crippen LogP contribution >= 0.6 is 0 Å². The highest BCUT2D eigenvalue weighted by atomic mass is 16.5. The molecule has 19 heavy (non-hydrogen) atoms. The minimum atomic E-state index is -0.288. The summed E-state index contributed by atoms with van der Waals surface area (Å²) < 4.78 is 5.36. The first-order valence-electron chi connectivity index (χ1n) is 6.82. The Hall–Kier alpha value is -1.55. The third kappa shape index (κ3) is 3.26. The molecule has 104 valence electrons. The van der Waals surface area contributed by atoms with Crippen LogP contribution in [0, 0.1) is 5.92 Å². The van der Waals surface area contributed by atoms with Gasteiger partial charge in [-0.05, 0) is 43.5 Å². The zero-order valence-corrected chi connectivity index (χ0v) is 11.5. The van der Waals surface area contributed by atoms with Gasteiger partial charge in [-0.25, -0.2) is 0 Å². The van der Waals surface area contributed by atoms with Gasteiger partial charge in [0, 0.05) is 18.7 Å². The van der Waals surface area contributed by atoms with Gasteiger partial charge in [-0.2, -0.15) is 0 Å². The van der Waals surface area contributed by atoms with Crippen LogP contribution in [0.15, 0.2) is 24.3 Å². The average molecular weight is 263 g/mol. The molecule has 1 amide bonds. The molecule has 1 heterocycles. The lowest BCUT2D eigenvalue weighted by Gasteiger charge is -2.34. The van der Waals surface area contributed by atoms with Gasteiger partial charge in [0.1, 0.15) is 5.75 Å². The van der Waals surface area contributed by atoms with E-state index in [1.807, 2.05) is 30.9 Å². The van der Waals surface area contributed by atoms with E-state index in [4.69, 9.17) is 4.74 Å². The van der Waals surface area contributed by atoms with E-state index in [-0.39, 0.29) is 17.9 Å². The summed E-state index contributed by atoms with van der Waals surface area (Å²) in [6, 6.07) is 7.23. The zero-order chi connectivity index (χ0) is 13.8. The fourth-order valence-corrected chi connectivity index (χ4v) is 2.36. The minimum absolute atomic E-state index is 0.0294. The van der Waals surface area contributed by atoms with E-state index >= 15 is 0 Å². The number of benzene rings is 1. The van der Waals surface area contributed by atoms with Crippen LogP contribution in [-0.2, 0) is 0 Å². The molecule has 0 aromatic heterocycles. The summed E-state index contributed by atoms with van der Waals surface area (Å²) in [5, 5.41) is 9.69. The van der Waals surface area contributed by atoms with Crippen LogP contribution in [0.3, 0.4) is 0 Å². The van der Waals surface area contributed by atoms with E-state index in [1.165, 1.54) is 0 Å². The van der Waals surface area contributed by atoms with Crippen molar-refractivity contribution in [3.63, 3.8) is 0 Å². The number of amides is 1. The topological polar surface area (TPSA) is 49.8 Å². The van der Waals surface area contributed by atoms with Crippen molar-refractivity contribution in [2.45, 2.75) is 26.4 Å². The summed E-state index contributed by atoms with van der Waals surface area (Å²) >= 11 is 0. The van der Waals surface area contributed by atoms with E-state index in [9.17, 15) is 9.90 Å². The second-order valence-corrected chi connectivity index (χ2v) is 5.04. The molecule has 4 nitrogen and oxygen atoms in total. The number of hydrogen-bond donors (Lipinski definition) is 1. The van der Waals surface area contributed by atoms with Crippen LogP contribution in [0.25, 0.3) is 0 Å². The second kappa shape index (κ2) is 6.06. The maximum Gasteiger partial charge on any atom is 0.253 e. The molecule has 2 unspecified atom stereocenters. The summed E-state index contributed by atoms with van der Waals surface area (Å²) in [7, 11) is 0. The predicted octanol–water partition coefficient (Wildman–Crippen LogP) is 1.93. The number of aliphatic hydroxyl groups is 1. The summed E-state index contributed by atoms with van der Waals surface area (Å²) in [5.74, 6) is 0.948. The largest absolute Gasteiger partial charge is 0.494 e. The van der Waals surface area contributed by atoms with E-state index < -0.39 is 0 Å². The number of nitrogens with zero attached hydrogens (tertiary/aromatic N) is 1. The first kappa shape index (κ1) is 13.9. The van der Waals surface area contributed by atoms with Crippen molar-refractivity contribution < 1.29 is 14.6 Å². The molecule has 2 rings (SSSR count). The normalized spacial score (nSPS) is 23.2. The van der Waals surface area contributed by atoms with E-state index in [0.717, 1.165) is 5.75 Å². The van der Waals surface area contributed by atoms with Gasteiger partial charge in [-0.15, -0.1) is 0 Å². The fraction of sp³-hybridized carbons (Fsp3) is 0.533. The van der Waals surface area contributed by atoms with Gasteiger partial charge < -0.3 is 14.7 Å². The zero-order valence-electron chi connectivity index (χ0n) is 11.5. The monoisotopic (exact) mass is 263 g/mol. The van der Waals surface area contributed by atoms with Crippen molar-refractivity contribution in [1.82, 2.24) is 4.90 Å². The van der Waals surface area contributed by atoms with Crippen LogP contribution in [0.1, 0.15) is 30.6 Å². The molecule has 0 spiro atoms. The van der Waals surface area contributed by atoms with E-state index in [0.29, 0.717) is 31.7 Å². The fourth-order valence-electron chi connectivity index (χ4n) is 2.36. The Kier molecular flexibility index (Phi) is 4.43. The number of ether oxygens (including phenoxy) is 1. The molecule has 1 aromatic carbocycles. The Morgan fingerprint density at radius 1 is 1.42 bits per heavy atom. The highest BCUT2D eigenvalue weighted by molar-refractivity contribution is 5.94. The first-order valence-corrected chi connectivity index (χ1v) is 6.82. The van der Waals surface area contributed by atoms with Gasteiger partial charge in [0.25, 0.3) is 5.91 Å². The van der Waals surface area contributed by atoms with Crippen molar-refractivity contribution in [2.24, 2.45) is 5.92 Å². The Bertz CT molecular complexity index is 430. The van der Waals surface area contributed by atoms with Gasteiger partial charge in [0.05, 0.1) is 12.7 Å². The molecule has 1 fully saturated rings. The maximum atomic E-state index is 12.3. The summed E-state index contributed by atoms with van der Waals surface area (Å²) in [6.07, 6.45) is 0.369. The third-order valence-electron chi connectivity index (χ3n) is 3.56. The van der Waals surface area contributed by atoms with Crippen molar-refractivity contribution in [2.75, 3.05) is 19.7 Å². The lowest BCUT2D eigenvalue weighted by Crippen LogP contribution is -2.44. The van der Waals surface area contributed by atoms with Crippen molar-refractivity contribution >= 4 is 5.91 Å². The van der Waals surface area contributed by atoms with Crippen LogP contribution < -0.4 is 4.74 Å². The van der Waals surface area contributed by atoms with Crippen molar-refractivity contribution in [1.29, 1.82) is 0 Å². The molecule has 0 aliphatic carbocycles. The molecule has 4 heteroatoms. The van der Waals surface area contributed by atoms with Gasteiger partial charge in [-0.1, -0.05) is 6.92 Å². The molecule has 1 aliphatic rings. The predicted molar refractivity (Wildman–Crippen MR) is 73.3 cm³/mol. The molecule has 1 aliphatic heterocycles. The molecule has 0 radical (unpaired) electrons. The standard InChI is InChI=1S/C15H21NO3/c1-3-19-13-6-4-12(5-7-13)15(18)16-9-8-14(17)11(2)10-16/h4-7,11,14,17H,3,8-10H2,1-2H3. The van der Waals surface area contributed by atoms with Gasteiger partial charge in [0.2, 0.25) is 0 Å². The first-order chi connectivity index (χ1) is 9.11. The van der Waals surface area contributed by atoms with Crippen molar-refractivity contribution in [3.8, 4) is 5.75 Å². The number of rotatable bonds is 3. The lowest BCUT2D eigenvalue weighted by molar-refractivity contribution is 0.0297. The maximum absolute atomic E-state index is 12.3. The van der Waals surface area contributed by atoms with Gasteiger partial charge in [-0.3, -0.25) is 4.79 Å². The molecular formula is C15H21NO3. The average Bonchev–Trinajstić information content (AvgIpc) is 2.42. The molecule has 2 atom stereocenters. The molecule has 1 N–H and O–H groups in total. The number of likely N-dealkylation sites (tertiary alicyclic amines) is 1. The molecule has 1 aromatic rings. The Morgan fingerprint density at radius 3 is 2.68 bits per heavy atom. The second-order valence-electron chi connectivity index (χ2n) is 5.04. The van der Waals surface area contributed by atoms with E-state index in [1.54, 1.807) is 12.1 Å². The number of carbonyl (C=O) groups excluding carboxylic acids is 1. The van der Waals surface area contributed by atoms with Crippen LogP contribution in [0.2, 0.25) is 0 Å². The summed E-state index contributed by atoms with van der Waals surface area (Å²) in [5.41, 5.74) is 0.673. The molecule has 0 saturated carbocycles. The molecule has 1 saturated heterocycles. The number of piperidine rings is 1. The number of hydrogen-bond acceptors (Lipinski definition) is 3. The molecular weight excluding hydrogens is 242 g/mol. The lowest BCUT2D eigenvalue weighted by atomic mass is 9.96. The van der Waals surface area contributed by atoms with Crippen LogP contribution in [0.5, 0.6) is 5.75 Å². The third-order valence-corrected chi connectivity index (χ3v) is 3.56. The van der Waals surface area contributed by atoms with Crippen molar-refractivity contribution in [3.05, 3.63) is 29.8 Å². The van der Waals surface area contributed by atoms with Crippen LogP contribution in [-0.4, -0.2) is 41.7 Å². The van der Waals surface area contributed by atoms with Gasteiger partial charge in [0.15, 0.2) is 0 Å². The molecule has 0 bridgehead atoms. The summed E-state index contributed by atoms with van der Waals surface area (Å²) in [4.78, 5) is 14.1. The SMILES string of the molecule is CCOc1ccc(C(=O)N2CCC(O)C(C)C2)cc1. The number of carbonyl (C=O) groups is 1. The smallest absolute Gasteiger partial charge is 0.253 e. The highest BCUT2D eigenvalue weighted by Gasteiger charge is 2.27. The van der Waals surface area contributed by atoms with E-state index in [2.05, 4.69) is 0 Å². The van der Waals surface area contributed by atoms with Gasteiger partial charge >= 0.3 is 0 Å². The quantitative estimate of drug-likeness (QED) is 0.906. The Morgan fingerprint density at radius 2 is 2.11 bits per heavy atom.